The highest BCUT2D eigenvalue weighted by atomic mass is 31.2. The number of hydrogen-bond acceptors (Lipinski definition) is 2. The third-order valence-corrected chi connectivity index (χ3v) is 2.50. The molecule has 0 unspecified atom stereocenters. The summed E-state index contributed by atoms with van der Waals surface area (Å²) in [4.78, 5) is 17.4. The van der Waals surface area contributed by atoms with Crippen molar-refractivity contribution in [3.8, 4) is 5.75 Å². The molecule has 2 N–H and O–H groups in total. The summed E-state index contributed by atoms with van der Waals surface area (Å²) < 4.78 is 15.3. The molecule has 1 aromatic carbocycles. The van der Waals surface area contributed by atoms with Crippen LogP contribution in [-0.4, -0.2) is 9.79 Å². The lowest BCUT2D eigenvalue weighted by atomic mass is 10.1. The lowest BCUT2D eigenvalue weighted by molar-refractivity contribution is 0.282. The maximum absolute atomic E-state index is 10.7. The smallest absolute Gasteiger partial charge is 0.404 e. The number of aryl methyl sites for hydroxylation is 2. The van der Waals surface area contributed by atoms with E-state index in [4.69, 9.17) is 9.79 Å². The number of rotatable bonds is 2. The van der Waals surface area contributed by atoms with Crippen molar-refractivity contribution in [2.75, 3.05) is 0 Å². The highest BCUT2D eigenvalue weighted by Gasteiger charge is 2.19. The van der Waals surface area contributed by atoms with Crippen LogP contribution in [0.1, 0.15) is 16.7 Å². The summed E-state index contributed by atoms with van der Waals surface area (Å²) in [6, 6.07) is 3.66. The molecule has 0 amide bonds. The lowest BCUT2D eigenvalue weighted by Crippen LogP contribution is -1.96. The zero-order valence-electron chi connectivity index (χ0n) is 8.31. The third kappa shape index (κ3) is 2.58. The molecule has 0 fully saturated rings. The van der Waals surface area contributed by atoms with E-state index in [-0.39, 0.29) is 5.75 Å². The summed E-state index contributed by atoms with van der Waals surface area (Å²) in [5, 5.41) is 0. The van der Waals surface area contributed by atoms with Crippen LogP contribution in [0.2, 0.25) is 0 Å². The second-order valence-corrected chi connectivity index (χ2v) is 4.40. The van der Waals surface area contributed by atoms with Gasteiger partial charge in [-0.05, 0) is 37.5 Å². The van der Waals surface area contributed by atoms with E-state index in [0.717, 1.165) is 16.7 Å². The summed E-state index contributed by atoms with van der Waals surface area (Å²) in [6.07, 6.45) is 0. The molecular weight excluding hydrogens is 203 g/mol. The molecule has 0 saturated carbocycles. The maximum Gasteiger partial charge on any atom is 0.524 e. The Kier molecular flexibility index (Phi) is 3.00. The highest BCUT2D eigenvalue weighted by molar-refractivity contribution is 7.46. The summed E-state index contributed by atoms with van der Waals surface area (Å²) >= 11 is 0. The minimum Gasteiger partial charge on any atom is -0.404 e. The van der Waals surface area contributed by atoms with E-state index >= 15 is 0 Å². The lowest BCUT2D eigenvalue weighted by Gasteiger charge is -2.13. The maximum atomic E-state index is 10.7. The van der Waals surface area contributed by atoms with Crippen molar-refractivity contribution in [3.63, 3.8) is 0 Å². The molecule has 4 nitrogen and oxygen atoms in total. The second kappa shape index (κ2) is 3.73. The van der Waals surface area contributed by atoms with E-state index in [1.54, 1.807) is 19.9 Å². The standard InChI is InChI=1S/C9H13O4P/c1-6-4-5-7(2)9(8(6)3)13-14(10,11)12/h4-5H,1-3H3,(H2,10,11,12). The normalized spacial score (nSPS) is 11.5. The average molecular weight is 216 g/mol. The van der Waals surface area contributed by atoms with Crippen LogP contribution in [0.25, 0.3) is 0 Å². The Morgan fingerprint density at radius 3 is 2.14 bits per heavy atom. The molecule has 1 rings (SSSR count). The fraction of sp³-hybridized carbons (Fsp3) is 0.333. The Hall–Kier alpha value is -0.830. The average Bonchev–Trinajstić information content (AvgIpc) is 2.04. The highest BCUT2D eigenvalue weighted by Crippen LogP contribution is 2.41. The van der Waals surface area contributed by atoms with Crippen LogP contribution in [0, 0.1) is 20.8 Å². The molecule has 0 bridgehead atoms. The molecule has 5 heteroatoms. The quantitative estimate of drug-likeness (QED) is 0.743. The van der Waals surface area contributed by atoms with E-state index in [1.807, 2.05) is 13.0 Å². The minimum absolute atomic E-state index is 0.276. The molecule has 0 aromatic heterocycles. The first-order valence-corrected chi connectivity index (χ1v) is 5.66. The molecule has 0 radical (unpaired) electrons. The minimum atomic E-state index is -4.46. The van der Waals surface area contributed by atoms with Crippen LogP contribution < -0.4 is 4.52 Å². The van der Waals surface area contributed by atoms with E-state index in [9.17, 15) is 4.57 Å². The van der Waals surface area contributed by atoms with Crippen molar-refractivity contribution < 1.29 is 18.9 Å². The topological polar surface area (TPSA) is 66.8 Å². The van der Waals surface area contributed by atoms with E-state index < -0.39 is 7.82 Å². The van der Waals surface area contributed by atoms with Gasteiger partial charge in [-0.25, -0.2) is 4.57 Å². The van der Waals surface area contributed by atoms with E-state index in [0.29, 0.717) is 0 Å². The fourth-order valence-electron chi connectivity index (χ4n) is 1.18. The first kappa shape index (κ1) is 11.2. The molecule has 0 aliphatic rings. The molecule has 0 atom stereocenters. The number of phosphoric ester groups is 1. The molecule has 0 spiro atoms. The summed E-state index contributed by atoms with van der Waals surface area (Å²) in [5.74, 6) is 0.276. The van der Waals surface area contributed by atoms with Crippen LogP contribution in [0.15, 0.2) is 12.1 Å². The van der Waals surface area contributed by atoms with E-state index in [1.165, 1.54) is 0 Å². The van der Waals surface area contributed by atoms with Gasteiger partial charge in [0, 0.05) is 0 Å². The van der Waals surface area contributed by atoms with Crippen molar-refractivity contribution in [1.82, 2.24) is 0 Å². The Bertz CT molecular complexity index is 394. The van der Waals surface area contributed by atoms with Gasteiger partial charge in [-0.3, -0.25) is 9.79 Å². The van der Waals surface area contributed by atoms with Crippen LogP contribution in [0.5, 0.6) is 5.75 Å². The zero-order valence-corrected chi connectivity index (χ0v) is 9.21. The van der Waals surface area contributed by atoms with Gasteiger partial charge in [-0.2, -0.15) is 0 Å². The predicted octanol–water partition coefficient (Wildman–Crippen LogP) is 2.08. The largest absolute Gasteiger partial charge is 0.524 e. The number of benzene rings is 1. The number of hydrogen-bond donors (Lipinski definition) is 2. The van der Waals surface area contributed by atoms with Crippen molar-refractivity contribution in [1.29, 1.82) is 0 Å². The molecule has 78 valence electrons. The third-order valence-electron chi connectivity index (χ3n) is 2.08. The van der Waals surface area contributed by atoms with Gasteiger partial charge >= 0.3 is 7.82 Å². The van der Waals surface area contributed by atoms with E-state index in [2.05, 4.69) is 4.52 Å². The molecule has 0 heterocycles. The Morgan fingerprint density at radius 2 is 1.64 bits per heavy atom. The molecule has 0 aliphatic heterocycles. The second-order valence-electron chi connectivity index (χ2n) is 3.24. The fourth-order valence-corrected chi connectivity index (χ4v) is 1.70. The number of phosphoric acid groups is 1. The van der Waals surface area contributed by atoms with Crippen LogP contribution in [-0.2, 0) is 4.57 Å². The first-order valence-electron chi connectivity index (χ1n) is 4.13. The van der Waals surface area contributed by atoms with Crippen LogP contribution >= 0.6 is 7.82 Å². The van der Waals surface area contributed by atoms with Crippen molar-refractivity contribution in [2.24, 2.45) is 0 Å². The Labute approximate surface area is 82.8 Å². The van der Waals surface area contributed by atoms with Gasteiger partial charge < -0.3 is 4.52 Å². The van der Waals surface area contributed by atoms with Gasteiger partial charge in [0.15, 0.2) is 0 Å². The van der Waals surface area contributed by atoms with Gasteiger partial charge in [0.05, 0.1) is 0 Å². The summed E-state index contributed by atoms with van der Waals surface area (Å²) in [6.45, 7) is 5.38. The van der Waals surface area contributed by atoms with Crippen LogP contribution in [0.4, 0.5) is 0 Å². The van der Waals surface area contributed by atoms with Gasteiger partial charge in [0.25, 0.3) is 0 Å². The molecule has 14 heavy (non-hydrogen) atoms. The zero-order chi connectivity index (χ0) is 10.9. The monoisotopic (exact) mass is 216 g/mol. The summed E-state index contributed by atoms with van der Waals surface area (Å²) in [5.41, 5.74) is 2.42. The van der Waals surface area contributed by atoms with Gasteiger partial charge in [-0.1, -0.05) is 12.1 Å². The van der Waals surface area contributed by atoms with Gasteiger partial charge in [0.2, 0.25) is 0 Å². The molecule has 0 saturated heterocycles. The Morgan fingerprint density at radius 1 is 1.14 bits per heavy atom. The Balaban J connectivity index is 3.20. The SMILES string of the molecule is Cc1ccc(C)c(OP(=O)(O)O)c1C. The molecule has 1 aromatic rings. The van der Waals surface area contributed by atoms with Gasteiger partial charge in [0.1, 0.15) is 5.75 Å². The first-order chi connectivity index (χ1) is 6.31. The summed E-state index contributed by atoms with van der Waals surface area (Å²) in [7, 11) is -4.46. The van der Waals surface area contributed by atoms with Crippen molar-refractivity contribution >= 4 is 7.82 Å². The van der Waals surface area contributed by atoms with Crippen LogP contribution in [0.3, 0.4) is 0 Å². The van der Waals surface area contributed by atoms with Gasteiger partial charge in [-0.15, -0.1) is 0 Å². The molecular formula is C9H13O4P. The van der Waals surface area contributed by atoms with Crippen molar-refractivity contribution in [3.05, 3.63) is 28.8 Å². The predicted molar refractivity (Wildman–Crippen MR) is 53.3 cm³/mol. The molecule has 0 aliphatic carbocycles. The van der Waals surface area contributed by atoms with Crippen molar-refractivity contribution in [2.45, 2.75) is 20.8 Å².